The topological polar surface area (TPSA) is 41.8 Å². The minimum Gasteiger partial charge on any atom is -0.398 e. The quantitative estimate of drug-likeness (QED) is 0.428. The van der Waals surface area contributed by atoms with E-state index in [9.17, 15) is 0 Å². The van der Waals surface area contributed by atoms with E-state index >= 15 is 0 Å². The van der Waals surface area contributed by atoms with Gasteiger partial charge in [-0.15, -0.1) is 0 Å². The number of nitrogen functional groups attached to an aromatic ring is 1. The monoisotopic (exact) mass is 314 g/mol. The maximum Gasteiger partial charge on any atom is 0.0473 e. The van der Waals surface area contributed by atoms with Crippen molar-refractivity contribution in [2.24, 2.45) is 0 Å². The molecule has 0 bridgehead atoms. The summed E-state index contributed by atoms with van der Waals surface area (Å²) in [5, 5.41) is 2.62. The SMILES string of the molecule is Cc1ccc(N)c(-c2cc3[nH]c4ccc(C)cc4c3c(C)c2C)c1. The van der Waals surface area contributed by atoms with Crippen molar-refractivity contribution in [3.8, 4) is 11.1 Å². The molecule has 120 valence electrons. The Hall–Kier alpha value is -2.74. The van der Waals surface area contributed by atoms with Crippen molar-refractivity contribution >= 4 is 27.5 Å². The number of nitrogens with two attached hydrogens (primary N) is 1. The molecule has 0 saturated heterocycles. The second kappa shape index (κ2) is 5.13. The maximum atomic E-state index is 6.27. The fraction of sp³-hybridized carbons (Fsp3) is 0.182. The van der Waals surface area contributed by atoms with Crippen molar-refractivity contribution in [2.45, 2.75) is 27.7 Å². The van der Waals surface area contributed by atoms with Crippen molar-refractivity contribution < 1.29 is 0 Å². The highest BCUT2D eigenvalue weighted by molar-refractivity contribution is 6.11. The normalized spacial score (nSPS) is 11.5. The van der Waals surface area contributed by atoms with E-state index in [1.54, 1.807) is 0 Å². The van der Waals surface area contributed by atoms with Gasteiger partial charge in [-0.1, -0.05) is 23.3 Å². The van der Waals surface area contributed by atoms with Gasteiger partial charge in [-0.05, 0) is 74.7 Å². The van der Waals surface area contributed by atoms with Crippen LogP contribution in [-0.2, 0) is 0 Å². The number of hydrogen-bond acceptors (Lipinski definition) is 1. The summed E-state index contributed by atoms with van der Waals surface area (Å²) < 4.78 is 0. The Morgan fingerprint density at radius 1 is 0.708 bits per heavy atom. The van der Waals surface area contributed by atoms with E-state index in [0.29, 0.717) is 0 Å². The minimum atomic E-state index is 0.828. The van der Waals surface area contributed by atoms with Crippen LogP contribution in [0.2, 0.25) is 0 Å². The van der Waals surface area contributed by atoms with Crippen molar-refractivity contribution in [3.63, 3.8) is 0 Å². The number of hydrogen-bond donors (Lipinski definition) is 2. The third-order valence-electron chi connectivity index (χ3n) is 5.11. The summed E-state index contributed by atoms with van der Waals surface area (Å²) in [6, 6.07) is 15.1. The van der Waals surface area contributed by atoms with E-state index in [-0.39, 0.29) is 0 Å². The molecule has 0 saturated carbocycles. The third-order valence-corrected chi connectivity index (χ3v) is 5.11. The summed E-state index contributed by atoms with van der Waals surface area (Å²) in [5.41, 5.74) is 16.9. The Morgan fingerprint density at radius 2 is 1.42 bits per heavy atom. The number of rotatable bonds is 1. The fourth-order valence-electron chi connectivity index (χ4n) is 3.66. The predicted octanol–water partition coefficient (Wildman–Crippen LogP) is 5.80. The molecule has 0 aliphatic carbocycles. The first kappa shape index (κ1) is 14.8. The first-order valence-corrected chi connectivity index (χ1v) is 8.34. The van der Waals surface area contributed by atoms with E-state index in [1.165, 1.54) is 49.6 Å². The van der Waals surface area contributed by atoms with Crippen molar-refractivity contribution in [1.82, 2.24) is 4.98 Å². The Labute approximate surface area is 142 Å². The Bertz CT molecular complexity index is 1100. The second-order valence-corrected chi connectivity index (χ2v) is 6.86. The van der Waals surface area contributed by atoms with Crippen LogP contribution in [-0.4, -0.2) is 4.98 Å². The molecule has 1 aromatic heterocycles. The zero-order valence-electron chi connectivity index (χ0n) is 14.6. The molecule has 4 rings (SSSR count). The lowest BCUT2D eigenvalue weighted by Gasteiger charge is -2.14. The predicted molar refractivity (Wildman–Crippen MR) is 105 cm³/mol. The summed E-state index contributed by atoms with van der Waals surface area (Å²) >= 11 is 0. The van der Waals surface area contributed by atoms with Gasteiger partial charge in [0, 0.05) is 33.1 Å². The number of aryl methyl sites for hydroxylation is 3. The first-order chi connectivity index (χ1) is 11.5. The molecule has 0 fully saturated rings. The third kappa shape index (κ3) is 2.10. The van der Waals surface area contributed by atoms with E-state index in [2.05, 4.69) is 69.1 Å². The smallest absolute Gasteiger partial charge is 0.0473 e. The highest BCUT2D eigenvalue weighted by atomic mass is 14.7. The first-order valence-electron chi connectivity index (χ1n) is 8.34. The van der Waals surface area contributed by atoms with Crippen LogP contribution in [0.4, 0.5) is 5.69 Å². The van der Waals surface area contributed by atoms with Gasteiger partial charge in [-0.2, -0.15) is 0 Å². The summed E-state index contributed by atoms with van der Waals surface area (Å²) in [4.78, 5) is 3.58. The zero-order chi connectivity index (χ0) is 17.0. The number of aromatic amines is 1. The molecule has 0 aliphatic heterocycles. The number of benzene rings is 3. The van der Waals surface area contributed by atoms with Gasteiger partial charge < -0.3 is 10.7 Å². The van der Waals surface area contributed by atoms with Crippen LogP contribution in [0.15, 0.2) is 42.5 Å². The van der Waals surface area contributed by atoms with Gasteiger partial charge in [0.05, 0.1) is 0 Å². The molecule has 4 aromatic rings. The average Bonchev–Trinajstić information content (AvgIpc) is 2.91. The van der Waals surface area contributed by atoms with Gasteiger partial charge in [-0.25, -0.2) is 0 Å². The van der Waals surface area contributed by atoms with Crippen LogP contribution < -0.4 is 5.73 Å². The highest BCUT2D eigenvalue weighted by Gasteiger charge is 2.15. The molecule has 2 heteroatoms. The standard InChI is InChI=1S/C22H22N2/c1-12-5-7-19(23)17(9-12)16-11-21-22(15(4)14(16)3)18-10-13(2)6-8-20(18)24-21/h5-11,24H,23H2,1-4H3. The summed E-state index contributed by atoms with van der Waals surface area (Å²) in [6.07, 6.45) is 0. The van der Waals surface area contributed by atoms with Gasteiger partial charge in [-0.3, -0.25) is 0 Å². The van der Waals surface area contributed by atoms with Crippen molar-refractivity contribution in [1.29, 1.82) is 0 Å². The van der Waals surface area contributed by atoms with E-state index < -0.39 is 0 Å². The molecule has 3 N–H and O–H groups in total. The minimum absolute atomic E-state index is 0.828. The molecule has 0 amide bonds. The molecular weight excluding hydrogens is 292 g/mol. The summed E-state index contributed by atoms with van der Waals surface area (Å²) in [5.74, 6) is 0. The molecule has 24 heavy (non-hydrogen) atoms. The van der Waals surface area contributed by atoms with Crippen LogP contribution in [0.1, 0.15) is 22.3 Å². The summed E-state index contributed by atoms with van der Waals surface area (Å²) in [7, 11) is 0. The van der Waals surface area contributed by atoms with Crippen molar-refractivity contribution in [2.75, 3.05) is 5.73 Å². The molecule has 2 nitrogen and oxygen atoms in total. The Morgan fingerprint density at radius 3 is 2.21 bits per heavy atom. The molecule has 0 radical (unpaired) electrons. The van der Waals surface area contributed by atoms with E-state index in [0.717, 1.165) is 11.3 Å². The van der Waals surface area contributed by atoms with E-state index in [1.807, 2.05) is 6.07 Å². The second-order valence-electron chi connectivity index (χ2n) is 6.86. The number of anilines is 1. The fourth-order valence-corrected chi connectivity index (χ4v) is 3.66. The molecular formula is C22H22N2. The molecule has 3 aromatic carbocycles. The number of fused-ring (bicyclic) bond motifs is 3. The van der Waals surface area contributed by atoms with E-state index in [4.69, 9.17) is 5.73 Å². The molecule has 0 spiro atoms. The van der Waals surface area contributed by atoms with Crippen LogP contribution in [0.25, 0.3) is 32.9 Å². The van der Waals surface area contributed by atoms with Crippen LogP contribution in [0.5, 0.6) is 0 Å². The Balaban J connectivity index is 2.11. The average molecular weight is 314 g/mol. The molecule has 0 unspecified atom stereocenters. The lowest BCUT2D eigenvalue weighted by molar-refractivity contribution is 1.37. The molecule has 0 aliphatic rings. The van der Waals surface area contributed by atoms with Crippen LogP contribution in [0, 0.1) is 27.7 Å². The number of nitrogens with one attached hydrogen (secondary N) is 1. The van der Waals surface area contributed by atoms with Gasteiger partial charge in [0.15, 0.2) is 0 Å². The lowest BCUT2D eigenvalue weighted by Crippen LogP contribution is -1.95. The Kier molecular flexibility index (Phi) is 3.17. The van der Waals surface area contributed by atoms with Crippen molar-refractivity contribution in [3.05, 3.63) is 64.7 Å². The zero-order valence-corrected chi connectivity index (χ0v) is 14.6. The largest absolute Gasteiger partial charge is 0.398 e. The lowest BCUT2D eigenvalue weighted by atomic mass is 9.92. The van der Waals surface area contributed by atoms with Crippen LogP contribution in [0.3, 0.4) is 0 Å². The van der Waals surface area contributed by atoms with Crippen LogP contribution >= 0.6 is 0 Å². The van der Waals surface area contributed by atoms with Gasteiger partial charge in [0.2, 0.25) is 0 Å². The van der Waals surface area contributed by atoms with Gasteiger partial charge >= 0.3 is 0 Å². The van der Waals surface area contributed by atoms with Gasteiger partial charge in [0.25, 0.3) is 0 Å². The molecule has 1 heterocycles. The maximum absolute atomic E-state index is 6.27. The number of aromatic nitrogens is 1. The number of H-pyrrole nitrogens is 1. The summed E-state index contributed by atoms with van der Waals surface area (Å²) in [6.45, 7) is 8.65. The molecule has 0 atom stereocenters. The highest BCUT2D eigenvalue weighted by Crippen LogP contribution is 2.38. The van der Waals surface area contributed by atoms with Gasteiger partial charge in [0.1, 0.15) is 0 Å².